The molecule has 0 unspecified atom stereocenters. The quantitative estimate of drug-likeness (QED) is 0.695. The van der Waals surface area contributed by atoms with Gasteiger partial charge in [0.25, 0.3) is 0 Å². The first kappa shape index (κ1) is 16.0. The van der Waals surface area contributed by atoms with Crippen molar-refractivity contribution in [1.29, 1.82) is 0 Å². The molecule has 1 rings (SSSR count). The maximum absolute atomic E-state index is 11.6. The molecule has 0 bridgehead atoms. The zero-order chi connectivity index (χ0) is 15.1. The molecule has 1 heterocycles. The molecule has 1 aromatic heterocycles. The van der Waals surface area contributed by atoms with Gasteiger partial charge in [0.05, 0.1) is 12.7 Å². The first-order chi connectivity index (χ1) is 9.38. The van der Waals surface area contributed by atoms with Crippen LogP contribution in [0, 0.1) is 12.8 Å². The van der Waals surface area contributed by atoms with Crippen LogP contribution < -0.4 is 10.6 Å². The third-order valence-corrected chi connectivity index (χ3v) is 2.70. The summed E-state index contributed by atoms with van der Waals surface area (Å²) in [4.78, 5) is 22.6. The lowest BCUT2D eigenvalue weighted by Gasteiger charge is -2.16. The minimum atomic E-state index is -1.02. The Morgan fingerprint density at radius 3 is 2.65 bits per heavy atom. The number of urea groups is 1. The number of aromatic nitrogens is 2. The molecule has 0 spiro atoms. The van der Waals surface area contributed by atoms with Crippen molar-refractivity contribution < 1.29 is 14.7 Å². The van der Waals surface area contributed by atoms with E-state index >= 15 is 0 Å². The molecule has 112 valence electrons. The molecule has 1 aromatic rings. The van der Waals surface area contributed by atoms with Gasteiger partial charge in [0.2, 0.25) is 0 Å². The molecular formula is C13H22N4O3. The predicted molar refractivity (Wildman–Crippen MR) is 74.4 cm³/mol. The molecule has 20 heavy (non-hydrogen) atoms. The second-order valence-electron chi connectivity index (χ2n) is 5.20. The zero-order valence-electron chi connectivity index (χ0n) is 12.1. The van der Waals surface area contributed by atoms with Crippen molar-refractivity contribution in [1.82, 2.24) is 20.4 Å². The SMILES string of the molecule is Cc1cnn(CCNC(=O)N[C@H](CC(C)C)C(=O)O)c1. The van der Waals surface area contributed by atoms with Crippen LogP contribution in [0.4, 0.5) is 4.79 Å². The summed E-state index contributed by atoms with van der Waals surface area (Å²) in [5.74, 6) is -0.819. The number of nitrogens with one attached hydrogen (secondary N) is 2. The van der Waals surface area contributed by atoms with Crippen LogP contribution in [0.1, 0.15) is 25.8 Å². The molecular weight excluding hydrogens is 260 g/mol. The topological polar surface area (TPSA) is 96.3 Å². The van der Waals surface area contributed by atoms with Crippen LogP contribution in [-0.4, -0.2) is 39.5 Å². The number of rotatable bonds is 7. The molecule has 0 aromatic carbocycles. The van der Waals surface area contributed by atoms with Gasteiger partial charge in [-0.3, -0.25) is 4.68 Å². The van der Waals surface area contributed by atoms with Crippen LogP contribution in [0.5, 0.6) is 0 Å². The maximum Gasteiger partial charge on any atom is 0.326 e. The first-order valence-corrected chi connectivity index (χ1v) is 6.64. The fourth-order valence-electron chi connectivity index (χ4n) is 1.78. The minimum Gasteiger partial charge on any atom is -0.480 e. The second-order valence-corrected chi connectivity index (χ2v) is 5.20. The van der Waals surface area contributed by atoms with Gasteiger partial charge >= 0.3 is 12.0 Å². The van der Waals surface area contributed by atoms with E-state index < -0.39 is 18.0 Å². The third-order valence-electron chi connectivity index (χ3n) is 2.70. The summed E-state index contributed by atoms with van der Waals surface area (Å²) >= 11 is 0. The van der Waals surface area contributed by atoms with Gasteiger partial charge in [-0.2, -0.15) is 5.10 Å². The van der Waals surface area contributed by atoms with Gasteiger partial charge in [-0.1, -0.05) is 13.8 Å². The van der Waals surface area contributed by atoms with Crippen LogP contribution in [0.2, 0.25) is 0 Å². The van der Waals surface area contributed by atoms with Gasteiger partial charge in [-0.15, -0.1) is 0 Å². The van der Waals surface area contributed by atoms with Gasteiger partial charge in [-0.25, -0.2) is 9.59 Å². The second kappa shape index (κ2) is 7.52. The van der Waals surface area contributed by atoms with E-state index in [1.165, 1.54) is 0 Å². The van der Waals surface area contributed by atoms with Crippen LogP contribution in [0.25, 0.3) is 0 Å². The molecule has 0 saturated heterocycles. The van der Waals surface area contributed by atoms with Crippen molar-refractivity contribution in [3.05, 3.63) is 18.0 Å². The van der Waals surface area contributed by atoms with Crippen molar-refractivity contribution in [2.24, 2.45) is 5.92 Å². The minimum absolute atomic E-state index is 0.198. The molecule has 2 amide bonds. The number of carboxylic acid groups (broad SMARTS) is 1. The van der Waals surface area contributed by atoms with Crippen molar-refractivity contribution in [2.45, 2.75) is 39.8 Å². The smallest absolute Gasteiger partial charge is 0.326 e. The van der Waals surface area contributed by atoms with Gasteiger partial charge < -0.3 is 15.7 Å². The highest BCUT2D eigenvalue weighted by molar-refractivity contribution is 5.82. The van der Waals surface area contributed by atoms with Crippen LogP contribution in [-0.2, 0) is 11.3 Å². The molecule has 0 fully saturated rings. The Morgan fingerprint density at radius 1 is 1.45 bits per heavy atom. The Labute approximate surface area is 118 Å². The molecule has 1 atom stereocenters. The van der Waals surface area contributed by atoms with E-state index in [2.05, 4.69) is 15.7 Å². The monoisotopic (exact) mass is 282 g/mol. The highest BCUT2D eigenvalue weighted by Gasteiger charge is 2.20. The number of amides is 2. The average Bonchev–Trinajstić information content (AvgIpc) is 2.73. The lowest BCUT2D eigenvalue weighted by molar-refractivity contribution is -0.139. The number of nitrogens with zero attached hydrogens (tertiary/aromatic N) is 2. The molecule has 7 nitrogen and oxygen atoms in total. The summed E-state index contributed by atoms with van der Waals surface area (Å²) in [5.41, 5.74) is 1.05. The largest absolute Gasteiger partial charge is 0.480 e. The van der Waals surface area contributed by atoms with Gasteiger partial charge in [-0.05, 0) is 24.8 Å². The van der Waals surface area contributed by atoms with E-state index in [9.17, 15) is 9.59 Å². The maximum atomic E-state index is 11.6. The molecule has 0 radical (unpaired) electrons. The van der Waals surface area contributed by atoms with Crippen molar-refractivity contribution in [3.8, 4) is 0 Å². The van der Waals surface area contributed by atoms with Crippen molar-refractivity contribution in [3.63, 3.8) is 0 Å². The normalized spacial score (nSPS) is 12.2. The summed E-state index contributed by atoms with van der Waals surface area (Å²) < 4.78 is 1.72. The molecule has 7 heteroatoms. The Kier molecular flexibility index (Phi) is 6.02. The Hall–Kier alpha value is -2.05. The number of hydrogen-bond acceptors (Lipinski definition) is 3. The van der Waals surface area contributed by atoms with Crippen LogP contribution in [0.3, 0.4) is 0 Å². The molecule has 0 aliphatic rings. The Balaban J connectivity index is 2.32. The van der Waals surface area contributed by atoms with Gasteiger partial charge in [0, 0.05) is 12.7 Å². The molecule has 0 saturated carbocycles. The van der Waals surface area contributed by atoms with Gasteiger partial charge in [0.1, 0.15) is 6.04 Å². The van der Waals surface area contributed by atoms with E-state index in [-0.39, 0.29) is 5.92 Å². The van der Waals surface area contributed by atoms with E-state index in [1.807, 2.05) is 27.0 Å². The number of aryl methyl sites for hydroxylation is 1. The summed E-state index contributed by atoms with van der Waals surface area (Å²) in [6.45, 7) is 6.70. The predicted octanol–water partition coefficient (Wildman–Crippen LogP) is 0.990. The van der Waals surface area contributed by atoms with Crippen molar-refractivity contribution >= 4 is 12.0 Å². The van der Waals surface area contributed by atoms with E-state index in [1.54, 1.807) is 10.9 Å². The molecule has 3 N–H and O–H groups in total. The van der Waals surface area contributed by atoms with E-state index in [4.69, 9.17) is 5.11 Å². The Bertz CT molecular complexity index is 456. The van der Waals surface area contributed by atoms with Crippen LogP contribution >= 0.6 is 0 Å². The molecule has 0 aliphatic carbocycles. The number of carbonyl (C=O) groups is 2. The van der Waals surface area contributed by atoms with Crippen molar-refractivity contribution in [2.75, 3.05) is 6.54 Å². The first-order valence-electron chi connectivity index (χ1n) is 6.64. The van der Waals surface area contributed by atoms with E-state index in [0.29, 0.717) is 19.5 Å². The average molecular weight is 282 g/mol. The van der Waals surface area contributed by atoms with Crippen LogP contribution in [0.15, 0.2) is 12.4 Å². The lowest BCUT2D eigenvalue weighted by atomic mass is 10.0. The van der Waals surface area contributed by atoms with E-state index in [0.717, 1.165) is 5.56 Å². The fourth-order valence-corrected chi connectivity index (χ4v) is 1.78. The third kappa shape index (κ3) is 5.73. The summed E-state index contributed by atoms with van der Waals surface area (Å²) in [7, 11) is 0. The standard InChI is InChI=1S/C13H22N4O3/c1-9(2)6-11(12(18)19)16-13(20)14-4-5-17-8-10(3)7-15-17/h7-9,11H,4-6H2,1-3H3,(H,18,19)(H2,14,16,20)/t11-/m1/s1. The number of carbonyl (C=O) groups excluding carboxylic acids is 1. The highest BCUT2D eigenvalue weighted by atomic mass is 16.4. The summed E-state index contributed by atoms with van der Waals surface area (Å²) in [6, 6.07) is -1.33. The zero-order valence-corrected chi connectivity index (χ0v) is 12.1. The number of hydrogen-bond donors (Lipinski definition) is 3. The van der Waals surface area contributed by atoms with Gasteiger partial charge in [0.15, 0.2) is 0 Å². The fraction of sp³-hybridized carbons (Fsp3) is 0.615. The summed E-state index contributed by atoms with van der Waals surface area (Å²) in [5, 5.41) is 18.2. The lowest BCUT2D eigenvalue weighted by Crippen LogP contribution is -2.47. The summed E-state index contributed by atoms with van der Waals surface area (Å²) in [6.07, 6.45) is 4.02. The Morgan fingerprint density at radius 2 is 2.15 bits per heavy atom. The number of aliphatic carboxylic acids is 1. The number of carboxylic acids is 1. The highest BCUT2D eigenvalue weighted by Crippen LogP contribution is 2.04. The molecule has 0 aliphatic heterocycles.